The number of anilines is 3. The van der Waals surface area contributed by atoms with Crippen LogP contribution in [0.2, 0.25) is 0 Å². The molecule has 0 aliphatic heterocycles. The topological polar surface area (TPSA) is 111 Å². The Morgan fingerprint density at radius 1 is 0.917 bits per heavy atom. The fraction of sp³-hybridized carbons (Fsp3) is 0.259. The monoisotopic (exact) mass is 485 g/mol. The lowest BCUT2D eigenvalue weighted by Gasteiger charge is -2.18. The third-order valence-electron chi connectivity index (χ3n) is 5.83. The SMILES string of the molecule is CCN(CC)CCOc1ccc(-c2nc(N)nc(Nc3ccccc3OC)c2-c2cncnc2)cc1. The third kappa shape index (κ3) is 5.87. The Kier molecular flexibility index (Phi) is 8.25. The molecule has 0 radical (unpaired) electrons. The van der Waals surface area contributed by atoms with Crippen LogP contribution in [0.1, 0.15) is 13.8 Å². The largest absolute Gasteiger partial charge is 0.495 e. The Morgan fingerprint density at radius 2 is 1.64 bits per heavy atom. The number of nitrogen functional groups attached to an aromatic ring is 1. The first-order valence-corrected chi connectivity index (χ1v) is 11.9. The fourth-order valence-corrected chi connectivity index (χ4v) is 3.90. The molecule has 2 aromatic heterocycles. The number of aromatic nitrogens is 4. The Bertz CT molecular complexity index is 1260. The van der Waals surface area contributed by atoms with Crippen molar-refractivity contribution in [2.24, 2.45) is 0 Å². The second-order valence-electron chi connectivity index (χ2n) is 8.01. The molecule has 0 amide bonds. The van der Waals surface area contributed by atoms with Gasteiger partial charge in [0.25, 0.3) is 0 Å². The van der Waals surface area contributed by atoms with E-state index in [1.54, 1.807) is 19.5 Å². The molecule has 0 bridgehead atoms. The number of nitrogens with one attached hydrogen (secondary N) is 1. The summed E-state index contributed by atoms with van der Waals surface area (Å²) < 4.78 is 11.5. The first-order chi connectivity index (χ1) is 17.6. The highest BCUT2D eigenvalue weighted by atomic mass is 16.5. The lowest BCUT2D eigenvalue weighted by molar-refractivity contribution is 0.223. The van der Waals surface area contributed by atoms with Gasteiger partial charge < -0.3 is 25.4 Å². The van der Waals surface area contributed by atoms with Gasteiger partial charge in [-0.25, -0.2) is 15.0 Å². The van der Waals surface area contributed by atoms with Gasteiger partial charge in [-0.1, -0.05) is 26.0 Å². The zero-order valence-corrected chi connectivity index (χ0v) is 20.8. The van der Waals surface area contributed by atoms with E-state index in [-0.39, 0.29) is 5.95 Å². The lowest BCUT2D eigenvalue weighted by Crippen LogP contribution is -2.27. The zero-order chi connectivity index (χ0) is 25.3. The van der Waals surface area contributed by atoms with E-state index in [9.17, 15) is 0 Å². The molecule has 0 aliphatic carbocycles. The molecule has 9 heteroatoms. The molecule has 3 N–H and O–H groups in total. The van der Waals surface area contributed by atoms with Crippen molar-refractivity contribution in [1.82, 2.24) is 24.8 Å². The average Bonchev–Trinajstić information content (AvgIpc) is 2.92. The van der Waals surface area contributed by atoms with Crippen molar-refractivity contribution in [3.63, 3.8) is 0 Å². The predicted octanol–water partition coefficient (Wildman–Crippen LogP) is 4.66. The number of hydrogen-bond acceptors (Lipinski definition) is 9. The molecule has 9 nitrogen and oxygen atoms in total. The second-order valence-corrected chi connectivity index (χ2v) is 8.01. The first kappa shape index (κ1) is 24.9. The summed E-state index contributed by atoms with van der Waals surface area (Å²) in [6.07, 6.45) is 4.94. The number of rotatable bonds is 11. The Labute approximate surface area is 211 Å². The van der Waals surface area contributed by atoms with Gasteiger partial charge in [-0.15, -0.1) is 0 Å². The van der Waals surface area contributed by atoms with Gasteiger partial charge in [0.2, 0.25) is 5.95 Å². The fourth-order valence-electron chi connectivity index (χ4n) is 3.90. The van der Waals surface area contributed by atoms with Crippen LogP contribution in [0.4, 0.5) is 17.5 Å². The molecule has 36 heavy (non-hydrogen) atoms. The quantitative estimate of drug-likeness (QED) is 0.313. The number of methoxy groups -OCH3 is 1. The summed E-state index contributed by atoms with van der Waals surface area (Å²) in [6.45, 7) is 7.82. The molecule has 4 rings (SSSR count). The molecule has 186 valence electrons. The van der Waals surface area contributed by atoms with E-state index in [1.165, 1.54) is 6.33 Å². The summed E-state index contributed by atoms with van der Waals surface area (Å²) in [5, 5.41) is 3.36. The van der Waals surface area contributed by atoms with Crippen LogP contribution in [0.5, 0.6) is 11.5 Å². The highest BCUT2D eigenvalue weighted by molar-refractivity contribution is 5.90. The van der Waals surface area contributed by atoms with Crippen LogP contribution in [0.15, 0.2) is 67.3 Å². The molecular weight excluding hydrogens is 454 g/mol. The highest BCUT2D eigenvalue weighted by Gasteiger charge is 2.19. The van der Waals surface area contributed by atoms with Gasteiger partial charge in [-0.2, -0.15) is 4.98 Å². The van der Waals surface area contributed by atoms with Crippen LogP contribution in [-0.2, 0) is 0 Å². The van der Waals surface area contributed by atoms with E-state index < -0.39 is 0 Å². The van der Waals surface area contributed by atoms with Crippen molar-refractivity contribution in [2.75, 3.05) is 44.4 Å². The number of benzene rings is 2. The Hall–Kier alpha value is -4.24. The second kappa shape index (κ2) is 11.9. The molecular formula is C27H31N7O2. The average molecular weight is 486 g/mol. The van der Waals surface area contributed by atoms with E-state index in [4.69, 9.17) is 15.2 Å². The summed E-state index contributed by atoms with van der Waals surface area (Å²) >= 11 is 0. The Morgan fingerprint density at radius 3 is 2.33 bits per heavy atom. The maximum Gasteiger partial charge on any atom is 0.222 e. The lowest BCUT2D eigenvalue weighted by atomic mass is 10.0. The van der Waals surface area contributed by atoms with Gasteiger partial charge in [-0.3, -0.25) is 0 Å². The van der Waals surface area contributed by atoms with Gasteiger partial charge in [0, 0.05) is 30.1 Å². The van der Waals surface area contributed by atoms with Crippen LogP contribution in [0, 0.1) is 0 Å². The van der Waals surface area contributed by atoms with Crippen LogP contribution in [0.3, 0.4) is 0 Å². The molecule has 0 atom stereocenters. The molecule has 2 heterocycles. The number of likely N-dealkylation sites (N-methyl/N-ethyl adjacent to an activating group) is 1. The van der Waals surface area contributed by atoms with Gasteiger partial charge in [-0.05, 0) is 49.5 Å². The number of hydrogen-bond donors (Lipinski definition) is 2. The summed E-state index contributed by atoms with van der Waals surface area (Å²) in [7, 11) is 1.62. The minimum absolute atomic E-state index is 0.141. The number of ether oxygens (including phenoxy) is 2. The Balaban J connectivity index is 1.70. The van der Waals surface area contributed by atoms with Crippen molar-refractivity contribution in [3.8, 4) is 33.9 Å². The number of para-hydroxylation sites is 2. The van der Waals surface area contributed by atoms with Crippen molar-refractivity contribution in [3.05, 3.63) is 67.3 Å². The van der Waals surface area contributed by atoms with Crippen LogP contribution < -0.4 is 20.5 Å². The summed E-state index contributed by atoms with van der Waals surface area (Å²) in [4.78, 5) is 19.8. The van der Waals surface area contributed by atoms with Crippen LogP contribution in [0.25, 0.3) is 22.4 Å². The predicted molar refractivity (Wildman–Crippen MR) is 142 cm³/mol. The standard InChI is InChI=1S/C27H31N7O2/c1-4-34(5-2)14-15-36-21-12-10-19(11-13-21)25-24(20-16-29-18-30-17-20)26(33-27(28)32-25)31-22-8-6-7-9-23(22)35-3/h6-13,16-18H,4-5,14-15H2,1-3H3,(H3,28,31,32,33). The van der Waals surface area contributed by atoms with E-state index in [0.717, 1.165) is 47.8 Å². The minimum Gasteiger partial charge on any atom is -0.495 e. The maximum absolute atomic E-state index is 6.16. The highest BCUT2D eigenvalue weighted by Crippen LogP contribution is 2.38. The summed E-state index contributed by atoms with van der Waals surface area (Å²) in [6, 6.07) is 15.4. The molecule has 4 aromatic rings. The smallest absolute Gasteiger partial charge is 0.222 e. The van der Waals surface area contributed by atoms with Crippen LogP contribution >= 0.6 is 0 Å². The van der Waals surface area contributed by atoms with Gasteiger partial charge >= 0.3 is 0 Å². The van der Waals surface area contributed by atoms with Crippen LogP contribution in [-0.4, -0.2) is 58.2 Å². The van der Waals surface area contributed by atoms with E-state index >= 15 is 0 Å². The zero-order valence-electron chi connectivity index (χ0n) is 20.8. The van der Waals surface area contributed by atoms with E-state index in [0.29, 0.717) is 23.9 Å². The number of nitrogens with zero attached hydrogens (tertiary/aromatic N) is 5. The normalized spacial score (nSPS) is 10.9. The van der Waals surface area contributed by atoms with Gasteiger partial charge in [0.1, 0.15) is 30.3 Å². The molecule has 0 saturated heterocycles. The molecule has 0 unspecified atom stereocenters. The molecule has 0 spiro atoms. The third-order valence-corrected chi connectivity index (χ3v) is 5.83. The molecule has 2 aromatic carbocycles. The summed E-state index contributed by atoms with van der Waals surface area (Å²) in [5.74, 6) is 2.14. The van der Waals surface area contributed by atoms with Gasteiger partial charge in [0.05, 0.1) is 24.1 Å². The van der Waals surface area contributed by atoms with E-state index in [1.807, 2.05) is 48.5 Å². The molecule has 0 aliphatic rings. The summed E-state index contributed by atoms with van der Waals surface area (Å²) in [5.41, 5.74) is 9.92. The molecule has 0 fully saturated rings. The van der Waals surface area contributed by atoms with Crippen molar-refractivity contribution >= 4 is 17.5 Å². The minimum atomic E-state index is 0.141. The van der Waals surface area contributed by atoms with E-state index in [2.05, 4.69) is 44.0 Å². The van der Waals surface area contributed by atoms with Crippen molar-refractivity contribution < 1.29 is 9.47 Å². The maximum atomic E-state index is 6.16. The number of nitrogens with two attached hydrogens (primary N) is 1. The van der Waals surface area contributed by atoms with Crippen molar-refractivity contribution in [2.45, 2.75) is 13.8 Å². The van der Waals surface area contributed by atoms with Crippen molar-refractivity contribution in [1.29, 1.82) is 0 Å². The first-order valence-electron chi connectivity index (χ1n) is 11.9. The molecule has 0 saturated carbocycles. The van der Waals surface area contributed by atoms with Gasteiger partial charge in [0.15, 0.2) is 0 Å².